The van der Waals surface area contributed by atoms with Gasteiger partial charge in [-0.15, -0.1) is 0 Å². The molecule has 2 aliphatic heterocycles. The van der Waals surface area contributed by atoms with Crippen LogP contribution in [-0.4, -0.2) is 61.1 Å². The molecular formula is C22H24N2O4. The van der Waals surface area contributed by atoms with Crippen LogP contribution in [-0.2, 0) is 22.5 Å². The van der Waals surface area contributed by atoms with Gasteiger partial charge in [-0.3, -0.25) is 9.59 Å². The van der Waals surface area contributed by atoms with Gasteiger partial charge in [0.05, 0.1) is 13.2 Å². The number of hydrogen-bond acceptors (Lipinski definition) is 4. The van der Waals surface area contributed by atoms with E-state index in [1.54, 1.807) is 4.90 Å². The molecule has 2 aromatic carbocycles. The van der Waals surface area contributed by atoms with E-state index in [4.69, 9.17) is 9.47 Å². The van der Waals surface area contributed by atoms with Gasteiger partial charge < -0.3 is 19.3 Å². The first-order valence-electron chi connectivity index (χ1n) is 9.66. The van der Waals surface area contributed by atoms with E-state index in [0.29, 0.717) is 50.7 Å². The highest BCUT2D eigenvalue weighted by molar-refractivity contribution is 5.97. The van der Waals surface area contributed by atoms with Crippen molar-refractivity contribution in [3.63, 3.8) is 0 Å². The number of rotatable bonds is 5. The smallest absolute Gasteiger partial charge is 0.260 e. The fraction of sp³-hybridized carbons (Fsp3) is 0.364. The summed E-state index contributed by atoms with van der Waals surface area (Å²) in [7, 11) is 0. The van der Waals surface area contributed by atoms with Crippen LogP contribution < -0.4 is 4.74 Å². The van der Waals surface area contributed by atoms with Crippen LogP contribution in [0.3, 0.4) is 0 Å². The van der Waals surface area contributed by atoms with E-state index in [0.717, 1.165) is 17.5 Å². The lowest BCUT2D eigenvalue weighted by molar-refractivity contribution is -0.137. The molecule has 28 heavy (non-hydrogen) atoms. The molecule has 6 nitrogen and oxygen atoms in total. The summed E-state index contributed by atoms with van der Waals surface area (Å²) in [5.41, 5.74) is 2.67. The molecule has 2 amide bonds. The Bertz CT molecular complexity index is 847. The van der Waals surface area contributed by atoms with E-state index < -0.39 is 0 Å². The zero-order valence-electron chi connectivity index (χ0n) is 15.8. The molecule has 2 aliphatic rings. The van der Waals surface area contributed by atoms with Gasteiger partial charge in [-0.1, -0.05) is 36.4 Å². The van der Waals surface area contributed by atoms with Gasteiger partial charge in [-0.05, 0) is 24.1 Å². The molecule has 1 saturated heterocycles. The number of benzene rings is 2. The summed E-state index contributed by atoms with van der Waals surface area (Å²) in [6, 6.07) is 15.5. The zero-order valence-corrected chi connectivity index (χ0v) is 15.8. The summed E-state index contributed by atoms with van der Waals surface area (Å²) in [5.74, 6) is 0.593. The molecule has 0 spiro atoms. The molecule has 0 saturated carbocycles. The quantitative estimate of drug-likeness (QED) is 0.797. The first-order valence-corrected chi connectivity index (χ1v) is 9.66. The average Bonchev–Trinajstić information content (AvgIpc) is 2.75. The molecule has 146 valence electrons. The minimum Gasteiger partial charge on any atom is -0.483 e. The molecular weight excluding hydrogens is 356 g/mol. The predicted octanol–water partition coefficient (Wildman–Crippen LogP) is 2.12. The van der Waals surface area contributed by atoms with Crippen LogP contribution in [0.4, 0.5) is 0 Å². The van der Waals surface area contributed by atoms with Gasteiger partial charge in [-0.2, -0.15) is 0 Å². The molecule has 0 unspecified atom stereocenters. The summed E-state index contributed by atoms with van der Waals surface area (Å²) >= 11 is 0. The summed E-state index contributed by atoms with van der Waals surface area (Å²) in [4.78, 5) is 28.9. The van der Waals surface area contributed by atoms with E-state index in [1.807, 2.05) is 53.4 Å². The van der Waals surface area contributed by atoms with Crippen molar-refractivity contribution in [2.45, 2.75) is 13.0 Å². The SMILES string of the molecule is O=C(COc1cccc2c1CCN(Cc1ccccc1)C2=O)N1CCOCC1. The van der Waals surface area contributed by atoms with Crippen molar-refractivity contribution >= 4 is 11.8 Å². The van der Waals surface area contributed by atoms with E-state index in [2.05, 4.69) is 0 Å². The minimum absolute atomic E-state index is 0.00931. The Hall–Kier alpha value is -2.86. The fourth-order valence-corrected chi connectivity index (χ4v) is 3.68. The van der Waals surface area contributed by atoms with E-state index in [-0.39, 0.29) is 18.4 Å². The molecule has 0 aliphatic carbocycles. The fourth-order valence-electron chi connectivity index (χ4n) is 3.68. The third-order valence-corrected chi connectivity index (χ3v) is 5.21. The van der Waals surface area contributed by atoms with Crippen molar-refractivity contribution < 1.29 is 19.1 Å². The van der Waals surface area contributed by atoms with Gasteiger partial charge in [0.2, 0.25) is 0 Å². The van der Waals surface area contributed by atoms with Gasteiger partial charge in [0.15, 0.2) is 6.61 Å². The molecule has 2 aromatic rings. The summed E-state index contributed by atoms with van der Waals surface area (Å²) in [6.07, 6.45) is 0.718. The van der Waals surface area contributed by atoms with Crippen molar-refractivity contribution in [2.75, 3.05) is 39.5 Å². The second-order valence-electron chi connectivity index (χ2n) is 7.03. The largest absolute Gasteiger partial charge is 0.483 e. The Morgan fingerprint density at radius 1 is 1.00 bits per heavy atom. The third kappa shape index (κ3) is 4.02. The standard InChI is InChI=1S/C22H24N2O4/c25-21(23-11-13-27-14-12-23)16-28-20-8-4-7-19-18(20)9-10-24(22(19)26)15-17-5-2-1-3-6-17/h1-8H,9-16H2. The number of nitrogens with zero attached hydrogens (tertiary/aromatic N) is 2. The second kappa shape index (κ2) is 8.44. The predicted molar refractivity (Wildman–Crippen MR) is 104 cm³/mol. The van der Waals surface area contributed by atoms with Crippen LogP contribution in [0.15, 0.2) is 48.5 Å². The Kier molecular flexibility index (Phi) is 5.58. The van der Waals surface area contributed by atoms with Crippen LogP contribution in [0.2, 0.25) is 0 Å². The Balaban J connectivity index is 1.43. The third-order valence-electron chi connectivity index (χ3n) is 5.21. The molecule has 2 heterocycles. The van der Waals surface area contributed by atoms with Gasteiger partial charge in [-0.25, -0.2) is 0 Å². The maximum Gasteiger partial charge on any atom is 0.260 e. The number of ether oxygens (including phenoxy) is 2. The van der Waals surface area contributed by atoms with Crippen LogP contribution in [0, 0.1) is 0 Å². The number of carbonyl (C=O) groups is 2. The molecule has 0 radical (unpaired) electrons. The van der Waals surface area contributed by atoms with Crippen LogP contribution in [0.5, 0.6) is 5.75 Å². The molecule has 1 fully saturated rings. The Morgan fingerprint density at radius 2 is 1.79 bits per heavy atom. The first-order chi connectivity index (χ1) is 13.7. The topological polar surface area (TPSA) is 59.1 Å². The van der Waals surface area contributed by atoms with Gasteiger partial charge in [0.1, 0.15) is 5.75 Å². The highest BCUT2D eigenvalue weighted by Gasteiger charge is 2.27. The lowest BCUT2D eigenvalue weighted by Crippen LogP contribution is -2.43. The normalized spacial score (nSPS) is 16.6. The van der Waals surface area contributed by atoms with Crippen molar-refractivity contribution in [3.05, 3.63) is 65.2 Å². The summed E-state index contributed by atoms with van der Waals surface area (Å²) in [5, 5.41) is 0. The summed E-state index contributed by atoms with van der Waals surface area (Å²) in [6.45, 7) is 3.55. The first kappa shape index (κ1) is 18.5. The maximum absolute atomic E-state index is 12.9. The van der Waals surface area contributed by atoms with Crippen molar-refractivity contribution in [1.29, 1.82) is 0 Å². The molecule has 0 atom stereocenters. The molecule has 0 aromatic heterocycles. The van der Waals surface area contributed by atoms with Gasteiger partial charge in [0.25, 0.3) is 11.8 Å². The summed E-state index contributed by atoms with van der Waals surface area (Å²) < 4.78 is 11.1. The van der Waals surface area contributed by atoms with Gasteiger partial charge >= 0.3 is 0 Å². The number of fused-ring (bicyclic) bond motifs is 1. The van der Waals surface area contributed by atoms with E-state index in [9.17, 15) is 9.59 Å². The molecule has 0 bridgehead atoms. The highest BCUT2D eigenvalue weighted by Crippen LogP contribution is 2.28. The number of hydrogen-bond donors (Lipinski definition) is 0. The van der Waals surface area contributed by atoms with E-state index >= 15 is 0 Å². The van der Waals surface area contributed by atoms with Crippen LogP contribution in [0.1, 0.15) is 21.5 Å². The van der Waals surface area contributed by atoms with E-state index in [1.165, 1.54) is 0 Å². The van der Waals surface area contributed by atoms with Gasteiger partial charge in [0, 0.05) is 37.3 Å². The number of carbonyl (C=O) groups excluding carboxylic acids is 2. The second-order valence-corrected chi connectivity index (χ2v) is 7.03. The maximum atomic E-state index is 12.9. The number of amides is 2. The minimum atomic E-state index is -0.0475. The van der Waals surface area contributed by atoms with Crippen LogP contribution in [0.25, 0.3) is 0 Å². The molecule has 0 N–H and O–H groups in total. The zero-order chi connectivity index (χ0) is 19.3. The Morgan fingerprint density at radius 3 is 2.57 bits per heavy atom. The Labute approximate surface area is 164 Å². The molecule has 4 rings (SSSR count). The van der Waals surface area contributed by atoms with Crippen molar-refractivity contribution in [1.82, 2.24) is 9.80 Å². The molecule has 6 heteroatoms. The lowest BCUT2D eigenvalue weighted by Gasteiger charge is -2.30. The van der Waals surface area contributed by atoms with Crippen molar-refractivity contribution in [3.8, 4) is 5.75 Å². The lowest BCUT2D eigenvalue weighted by atomic mass is 9.97. The highest BCUT2D eigenvalue weighted by atomic mass is 16.5. The number of morpholine rings is 1. The monoisotopic (exact) mass is 380 g/mol. The van der Waals surface area contributed by atoms with Crippen molar-refractivity contribution in [2.24, 2.45) is 0 Å². The average molecular weight is 380 g/mol. The van der Waals surface area contributed by atoms with Crippen LogP contribution >= 0.6 is 0 Å².